The van der Waals surface area contributed by atoms with Crippen molar-refractivity contribution in [3.8, 4) is 0 Å². The maximum absolute atomic E-state index is 5.80. The molecule has 0 aromatic carbocycles. The Morgan fingerprint density at radius 2 is 2.08 bits per heavy atom. The number of nitrogens with two attached hydrogens (primary N) is 1. The number of hydrogen-bond acceptors (Lipinski definition) is 3. The molecule has 1 saturated carbocycles. The maximum Gasteiger partial charge on any atom is 0.0333 e. The molecule has 70 valence electrons. The SMILES string of the molecule is NCC1(N2CCCSCC2)CC1. The number of thioether (sulfide) groups is 1. The van der Waals surface area contributed by atoms with E-state index in [0.29, 0.717) is 5.54 Å². The Hall–Kier alpha value is 0.270. The zero-order chi connectivity index (χ0) is 8.44. The first-order valence-electron chi connectivity index (χ1n) is 4.90. The van der Waals surface area contributed by atoms with Crippen LogP contribution in [0.4, 0.5) is 0 Å². The fourth-order valence-corrected chi connectivity index (χ4v) is 2.90. The molecule has 0 spiro atoms. The molecule has 0 bridgehead atoms. The van der Waals surface area contributed by atoms with Crippen molar-refractivity contribution in [3.05, 3.63) is 0 Å². The molecule has 1 saturated heterocycles. The van der Waals surface area contributed by atoms with E-state index in [0.717, 1.165) is 6.54 Å². The van der Waals surface area contributed by atoms with Crippen LogP contribution in [0.1, 0.15) is 19.3 Å². The number of nitrogens with zero attached hydrogens (tertiary/aromatic N) is 1. The summed E-state index contributed by atoms with van der Waals surface area (Å²) >= 11 is 2.09. The molecule has 1 heterocycles. The first-order valence-corrected chi connectivity index (χ1v) is 6.06. The minimum atomic E-state index is 0.449. The van der Waals surface area contributed by atoms with Crippen LogP contribution in [0.5, 0.6) is 0 Å². The van der Waals surface area contributed by atoms with Crippen LogP contribution in [-0.2, 0) is 0 Å². The van der Waals surface area contributed by atoms with E-state index >= 15 is 0 Å². The molecular formula is C9H18N2S. The molecule has 0 unspecified atom stereocenters. The zero-order valence-corrected chi connectivity index (χ0v) is 8.41. The fourth-order valence-electron chi connectivity index (χ4n) is 2.01. The third-order valence-corrected chi connectivity index (χ3v) is 4.15. The van der Waals surface area contributed by atoms with Gasteiger partial charge in [0.25, 0.3) is 0 Å². The summed E-state index contributed by atoms with van der Waals surface area (Å²) in [5, 5.41) is 0. The van der Waals surface area contributed by atoms with Gasteiger partial charge in [-0.2, -0.15) is 11.8 Å². The van der Waals surface area contributed by atoms with Gasteiger partial charge in [0.1, 0.15) is 0 Å². The maximum atomic E-state index is 5.80. The first-order chi connectivity index (χ1) is 5.87. The van der Waals surface area contributed by atoms with Crippen LogP contribution in [0.2, 0.25) is 0 Å². The van der Waals surface area contributed by atoms with E-state index in [1.54, 1.807) is 0 Å². The lowest BCUT2D eigenvalue weighted by molar-refractivity contribution is 0.196. The Bertz CT molecular complexity index is 149. The number of rotatable bonds is 2. The van der Waals surface area contributed by atoms with Crippen molar-refractivity contribution in [1.82, 2.24) is 4.90 Å². The highest BCUT2D eigenvalue weighted by molar-refractivity contribution is 7.99. The van der Waals surface area contributed by atoms with Crippen LogP contribution < -0.4 is 5.73 Å². The minimum Gasteiger partial charge on any atom is -0.329 e. The van der Waals surface area contributed by atoms with E-state index in [1.165, 1.54) is 43.9 Å². The Labute approximate surface area is 78.9 Å². The summed E-state index contributed by atoms with van der Waals surface area (Å²) in [7, 11) is 0. The third kappa shape index (κ3) is 1.63. The Kier molecular flexibility index (Phi) is 2.63. The van der Waals surface area contributed by atoms with Crippen LogP contribution >= 0.6 is 11.8 Å². The molecule has 3 heteroatoms. The van der Waals surface area contributed by atoms with Crippen LogP contribution in [0.25, 0.3) is 0 Å². The lowest BCUT2D eigenvalue weighted by Crippen LogP contribution is -2.44. The quantitative estimate of drug-likeness (QED) is 0.695. The molecule has 2 fully saturated rings. The first kappa shape index (κ1) is 8.85. The second-order valence-corrected chi connectivity index (χ2v) is 5.11. The molecule has 2 N–H and O–H groups in total. The van der Waals surface area contributed by atoms with Crippen molar-refractivity contribution in [2.75, 3.05) is 31.1 Å². The van der Waals surface area contributed by atoms with Crippen LogP contribution in [-0.4, -0.2) is 41.6 Å². The molecule has 0 radical (unpaired) electrons. The third-order valence-electron chi connectivity index (χ3n) is 3.10. The predicted octanol–water partition coefficient (Wildman–Crippen LogP) is 0.917. The summed E-state index contributed by atoms with van der Waals surface area (Å²) in [6.07, 6.45) is 4.04. The van der Waals surface area contributed by atoms with Gasteiger partial charge in [-0.05, 0) is 31.6 Å². The predicted molar refractivity (Wildman–Crippen MR) is 54.5 cm³/mol. The summed E-state index contributed by atoms with van der Waals surface area (Å²) < 4.78 is 0. The fraction of sp³-hybridized carbons (Fsp3) is 1.00. The number of hydrogen-bond donors (Lipinski definition) is 1. The molecule has 2 aliphatic rings. The molecule has 0 atom stereocenters. The molecule has 2 rings (SSSR count). The summed E-state index contributed by atoms with van der Waals surface area (Å²) in [6.45, 7) is 3.42. The second-order valence-electron chi connectivity index (χ2n) is 3.88. The van der Waals surface area contributed by atoms with Crippen molar-refractivity contribution in [2.45, 2.75) is 24.8 Å². The van der Waals surface area contributed by atoms with Gasteiger partial charge in [0.2, 0.25) is 0 Å². The van der Waals surface area contributed by atoms with E-state index in [1.807, 2.05) is 0 Å². The van der Waals surface area contributed by atoms with Crippen molar-refractivity contribution in [3.63, 3.8) is 0 Å². The van der Waals surface area contributed by atoms with Crippen LogP contribution in [0, 0.1) is 0 Å². The topological polar surface area (TPSA) is 29.3 Å². The molecule has 2 nitrogen and oxygen atoms in total. The van der Waals surface area contributed by atoms with Gasteiger partial charge in [-0.25, -0.2) is 0 Å². The second kappa shape index (κ2) is 3.56. The smallest absolute Gasteiger partial charge is 0.0333 e. The van der Waals surface area contributed by atoms with Crippen LogP contribution in [0.3, 0.4) is 0 Å². The van der Waals surface area contributed by atoms with Gasteiger partial charge >= 0.3 is 0 Å². The van der Waals surface area contributed by atoms with Crippen LogP contribution in [0.15, 0.2) is 0 Å². The Balaban J connectivity index is 1.92. The van der Waals surface area contributed by atoms with Gasteiger partial charge in [0.05, 0.1) is 0 Å². The van der Waals surface area contributed by atoms with Gasteiger partial charge in [0.15, 0.2) is 0 Å². The average molecular weight is 186 g/mol. The summed E-state index contributed by atoms with van der Waals surface area (Å²) in [4.78, 5) is 2.63. The van der Waals surface area contributed by atoms with Gasteiger partial charge in [-0.3, -0.25) is 4.90 Å². The molecule has 0 aromatic rings. The summed E-state index contributed by atoms with van der Waals surface area (Å²) in [5.41, 5.74) is 6.25. The van der Waals surface area contributed by atoms with Crippen molar-refractivity contribution < 1.29 is 0 Å². The van der Waals surface area contributed by atoms with Gasteiger partial charge in [-0.15, -0.1) is 0 Å². The Morgan fingerprint density at radius 1 is 1.25 bits per heavy atom. The van der Waals surface area contributed by atoms with Gasteiger partial charge < -0.3 is 5.73 Å². The van der Waals surface area contributed by atoms with E-state index in [2.05, 4.69) is 16.7 Å². The highest BCUT2D eigenvalue weighted by atomic mass is 32.2. The summed E-state index contributed by atoms with van der Waals surface area (Å²) in [5.74, 6) is 2.65. The molecule has 1 aliphatic carbocycles. The highest BCUT2D eigenvalue weighted by Gasteiger charge is 2.46. The van der Waals surface area contributed by atoms with E-state index < -0.39 is 0 Å². The molecular weight excluding hydrogens is 168 g/mol. The molecule has 0 amide bonds. The normalized spacial score (nSPS) is 29.8. The van der Waals surface area contributed by atoms with E-state index in [-0.39, 0.29) is 0 Å². The van der Waals surface area contributed by atoms with Crippen molar-refractivity contribution >= 4 is 11.8 Å². The largest absolute Gasteiger partial charge is 0.329 e. The molecule has 12 heavy (non-hydrogen) atoms. The van der Waals surface area contributed by atoms with Crippen molar-refractivity contribution in [1.29, 1.82) is 0 Å². The van der Waals surface area contributed by atoms with Gasteiger partial charge in [-0.1, -0.05) is 0 Å². The van der Waals surface area contributed by atoms with Crippen molar-refractivity contribution in [2.24, 2.45) is 5.73 Å². The molecule has 0 aromatic heterocycles. The summed E-state index contributed by atoms with van der Waals surface area (Å²) in [6, 6.07) is 0. The minimum absolute atomic E-state index is 0.449. The zero-order valence-electron chi connectivity index (χ0n) is 7.59. The molecule has 1 aliphatic heterocycles. The lowest BCUT2D eigenvalue weighted by atomic mass is 10.2. The van der Waals surface area contributed by atoms with Gasteiger partial charge in [0, 0.05) is 24.4 Å². The lowest BCUT2D eigenvalue weighted by Gasteiger charge is -2.29. The van der Waals surface area contributed by atoms with E-state index in [9.17, 15) is 0 Å². The standard InChI is InChI=1S/C9H18N2S/c10-8-9(2-3-9)11-4-1-6-12-7-5-11/h1-8,10H2. The van der Waals surface area contributed by atoms with E-state index in [4.69, 9.17) is 5.73 Å². The monoisotopic (exact) mass is 186 g/mol. The average Bonchev–Trinajstić information content (AvgIpc) is 2.90. The highest BCUT2D eigenvalue weighted by Crippen LogP contribution is 2.41. The Morgan fingerprint density at radius 3 is 2.75 bits per heavy atom.